The van der Waals surface area contributed by atoms with Gasteiger partial charge in [0.15, 0.2) is 0 Å². The number of carbonyl (C=O) groups is 1. The molecule has 1 N–H and O–H groups in total. The van der Waals surface area contributed by atoms with Crippen molar-refractivity contribution in [1.29, 1.82) is 0 Å². The Hall–Kier alpha value is -3.30. The van der Waals surface area contributed by atoms with Crippen LogP contribution in [0.2, 0.25) is 0 Å². The lowest BCUT2D eigenvalue weighted by Gasteiger charge is -2.08. The molecular weight excluding hydrogens is 354 g/mol. The molecule has 0 radical (unpaired) electrons. The number of anilines is 1. The summed E-state index contributed by atoms with van der Waals surface area (Å²) in [5, 5.41) is 13.9. The van der Waals surface area contributed by atoms with E-state index in [0.717, 1.165) is 29.1 Å². The molecule has 0 fully saturated rings. The van der Waals surface area contributed by atoms with Crippen LogP contribution in [0.5, 0.6) is 0 Å². The number of benzene rings is 2. The molecule has 1 amide bonds. The van der Waals surface area contributed by atoms with Gasteiger partial charge in [0.25, 0.3) is 0 Å². The lowest BCUT2D eigenvalue weighted by molar-refractivity contribution is -0.137. The first-order valence-electron chi connectivity index (χ1n) is 7.32. The molecule has 0 spiro atoms. The molecule has 0 aliphatic rings. The van der Waals surface area contributed by atoms with Gasteiger partial charge >= 0.3 is 6.18 Å². The van der Waals surface area contributed by atoms with Gasteiger partial charge in [-0.05, 0) is 53.7 Å². The van der Waals surface area contributed by atoms with Crippen LogP contribution in [0.3, 0.4) is 0 Å². The van der Waals surface area contributed by atoms with Crippen LogP contribution in [0.4, 0.5) is 23.2 Å². The quantitative estimate of drug-likeness (QED) is 0.721. The monoisotopic (exact) mass is 365 g/mol. The van der Waals surface area contributed by atoms with Crippen LogP contribution in [-0.2, 0) is 17.5 Å². The van der Waals surface area contributed by atoms with Crippen molar-refractivity contribution in [2.75, 3.05) is 5.32 Å². The maximum Gasteiger partial charge on any atom is 0.416 e. The number of halogens is 4. The molecule has 0 atom stereocenters. The Morgan fingerprint density at radius 3 is 2.31 bits per heavy atom. The summed E-state index contributed by atoms with van der Waals surface area (Å²) < 4.78 is 50.4. The minimum atomic E-state index is -4.44. The van der Waals surface area contributed by atoms with E-state index < -0.39 is 23.5 Å². The largest absolute Gasteiger partial charge is 0.416 e. The second-order valence-electron chi connectivity index (χ2n) is 5.27. The molecule has 6 nitrogen and oxygen atoms in total. The second-order valence-corrected chi connectivity index (χ2v) is 5.27. The molecule has 0 aliphatic carbocycles. The molecule has 2 aromatic carbocycles. The third-order valence-electron chi connectivity index (χ3n) is 3.34. The molecular formula is C16H11F4N5O. The van der Waals surface area contributed by atoms with E-state index in [1.54, 1.807) is 0 Å². The highest BCUT2D eigenvalue weighted by Crippen LogP contribution is 2.29. The summed E-state index contributed by atoms with van der Waals surface area (Å²) >= 11 is 0. The molecule has 1 aromatic heterocycles. The molecule has 0 unspecified atom stereocenters. The fraction of sp³-hybridized carbons (Fsp3) is 0.125. The van der Waals surface area contributed by atoms with Crippen molar-refractivity contribution in [3.8, 4) is 11.4 Å². The van der Waals surface area contributed by atoms with Gasteiger partial charge in [0.2, 0.25) is 11.7 Å². The number of hydrogen-bond acceptors (Lipinski definition) is 4. The van der Waals surface area contributed by atoms with Crippen molar-refractivity contribution in [2.45, 2.75) is 12.7 Å². The number of nitrogens with zero attached hydrogens (tertiary/aromatic N) is 4. The molecule has 0 saturated heterocycles. The lowest BCUT2D eigenvalue weighted by atomic mass is 10.2. The lowest BCUT2D eigenvalue weighted by Crippen LogP contribution is -2.20. The Balaban J connectivity index is 1.62. The molecule has 134 valence electrons. The van der Waals surface area contributed by atoms with Gasteiger partial charge in [-0.1, -0.05) is 0 Å². The average molecular weight is 365 g/mol. The van der Waals surface area contributed by atoms with Crippen LogP contribution < -0.4 is 5.32 Å². The summed E-state index contributed by atoms with van der Waals surface area (Å²) in [5.41, 5.74) is -0.0694. The van der Waals surface area contributed by atoms with E-state index in [2.05, 4.69) is 20.7 Å². The van der Waals surface area contributed by atoms with E-state index in [0.29, 0.717) is 5.56 Å². The van der Waals surface area contributed by atoms with Crippen molar-refractivity contribution in [2.24, 2.45) is 0 Å². The number of aromatic nitrogens is 4. The molecule has 26 heavy (non-hydrogen) atoms. The summed E-state index contributed by atoms with van der Waals surface area (Å²) in [6.45, 7) is -0.283. The Morgan fingerprint density at radius 1 is 1.04 bits per heavy atom. The highest BCUT2D eigenvalue weighted by Gasteiger charge is 2.29. The minimum absolute atomic E-state index is 0.210. The van der Waals surface area contributed by atoms with Crippen molar-refractivity contribution >= 4 is 11.6 Å². The predicted octanol–water partition coefficient (Wildman–Crippen LogP) is 3.14. The molecule has 0 saturated carbocycles. The molecule has 3 aromatic rings. The van der Waals surface area contributed by atoms with Crippen LogP contribution in [-0.4, -0.2) is 26.1 Å². The molecule has 0 aliphatic heterocycles. The highest BCUT2D eigenvalue weighted by atomic mass is 19.4. The van der Waals surface area contributed by atoms with Crippen LogP contribution in [0.1, 0.15) is 5.56 Å². The average Bonchev–Trinajstić information content (AvgIpc) is 3.03. The number of alkyl halides is 3. The minimum Gasteiger partial charge on any atom is -0.324 e. The summed E-state index contributed by atoms with van der Waals surface area (Å²) in [4.78, 5) is 13.0. The Labute approximate surface area is 144 Å². The number of amides is 1. The van der Waals surface area contributed by atoms with Gasteiger partial charge in [-0.25, -0.2) is 4.39 Å². The van der Waals surface area contributed by atoms with E-state index in [-0.39, 0.29) is 18.1 Å². The predicted molar refractivity (Wildman–Crippen MR) is 83.3 cm³/mol. The van der Waals surface area contributed by atoms with E-state index in [4.69, 9.17) is 0 Å². The zero-order valence-electron chi connectivity index (χ0n) is 13.0. The molecule has 1 heterocycles. The maximum atomic E-state index is 12.9. The van der Waals surface area contributed by atoms with Crippen molar-refractivity contribution in [1.82, 2.24) is 20.2 Å². The fourth-order valence-electron chi connectivity index (χ4n) is 2.10. The summed E-state index contributed by atoms with van der Waals surface area (Å²) in [5.74, 6) is -0.725. The number of nitrogens with one attached hydrogen (secondary N) is 1. The number of rotatable bonds is 4. The Morgan fingerprint density at radius 2 is 1.69 bits per heavy atom. The first kappa shape index (κ1) is 17.5. The van der Waals surface area contributed by atoms with Crippen LogP contribution >= 0.6 is 0 Å². The van der Waals surface area contributed by atoms with Crippen molar-refractivity contribution < 1.29 is 22.4 Å². The van der Waals surface area contributed by atoms with Gasteiger partial charge < -0.3 is 5.32 Å². The second kappa shape index (κ2) is 6.90. The third-order valence-corrected chi connectivity index (χ3v) is 3.34. The first-order valence-corrected chi connectivity index (χ1v) is 7.32. The third kappa shape index (κ3) is 4.21. The summed E-state index contributed by atoms with van der Waals surface area (Å²) in [7, 11) is 0. The zero-order valence-corrected chi connectivity index (χ0v) is 13.0. The van der Waals surface area contributed by atoms with E-state index in [9.17, 15) is 22.4 Å². The van der Waals surface area contributed by atoms with Gasteiger partial charge in [-0.3, -0.25) is 4.79 Å². The molecule has 0 bridgehead atoms. The van der Waals surface area contributed by atoms with Gasteiger partial charge in [0.1, 0.15) is 12.4 Å². The normalized spacial score (nSPS) is 11.4. The SMILES string of the molecule is O=C(Cn1nnc(-c2ccc(F)cc2)n1)Nc1ccc(C(F)(F)F)cc1. The van der Waals surface area contributed by atoms with E-state index >= 15 is 0 Å². The highest BCUT2D eigenvalue weighted by molar-refractivity contribution is 5.90. The molecule has 10 heteroatoms. The van der Waals surface area contributed by atoms with Crippen LogP contribution in [0.25, 0.3) is 11.4 Å². The van der Waals surface area contributed by atoms with Gasteiger partial charge in [-0.2, -0.15) is 18.0 Å². The van der Waals surface area contributed by atoms with Crippen molar-refractivity contribution in [3.05, 3.63) is 59.9 Å². The van der Waals surface area contributed by atoms with Gasteiger partial charge in [-0.15, -0.1) is 10.2 Å². The van der Waals surface area contributed by atoms with E-state index in [1.807, 2.05) is 0 Å². The smallest absolute Gasteiger partial charge is 0.324 e. The first-order chi connectivity index (χ1) is 12.3. The fourth-order valence-corrected chi connectivity index (χ4v) is 2.10. The maximum absolute atomic E-state index is 12.9. The summed E-state index contributed by atoms with van der Waals surface area (Å²) in [6, 6.07) is 9.48. The number of hydrogen-bond donors (Lipinski definition) is 1. The standard InChI is InChI=1S/C16H11F4N5O/c17-12-5-1-10(2-6-12)15-22-24-25(23-15)9-14(26)21-13-7-3-11(4-8-13)16(18,19)20/h1-8H,9H2,(H,21,26). The molecule has 3 rings (SSSR count). The van der Waals surface area contributed by atoms with E-state index in [1.165, 1.54) is 24.3 Å². The number of carbonyl (C=O) groups excluding carboxylic acids is 1. The number of tetrazole rings is 1. The van der Waals surface area contributed by atoms with Crippen LogP contribution in [0, 0.1) is 5.82 Å². The van der Waals surface area contributed by atoms with Crippen molar-refractivity contribution in [3.63, 3.8) is 0 Å². The van der Waals surface area contributed by atoms with Gasteiger partial charge in [0, 0.05) is 11.3 Å². The Kier molecular flexibility index (Phi) is 4.65. The topological polar surface area (TPSA) is 72.7 Å². The van der Waals surface area contributed by atoms with Crippen LogP contribution in [0.15, 0.2) is 48.5 Å². The Bertz CT molecular complexity index is 904. The zero-order chi connectivity index (χ0) is 18.7. The van der Waals surface area contributed by atoms with Gasteiger partial charge in [0.05, 0.1) is 5.56 Å². The summed E-state index contributed by atoms with van der Waals surface area (Å²) in [6.07, 6.45) is -4.44.